The van der Waals surface area contributed by atoms with Gasteiger partial charge >= 0.3 is 0 Å². The molecular formula is C14H13Cl3FN. The second kappa shape index (κ2) is 5.74. The SMILES string of the molecule is CN(C)c1ccc(C2CC(Cl)=CC(Cl)=C2Cl)cc1F. The lowest BCUT2D eigenvalue weighted by Crippen LogP contribution is -2.12. The molecule has 1 atom stereocenters. The maximum absolute atomic E-state index is 14.0. The van der Waals surface area contributed by atoms with Gasteiger partial charge in [-0.25, -0.2) is 4.39 Å². The van der Waals surface area contributed by atoms with Gasteiger partial charge in [-0.2, -0.15) is 0 Å². The number of halogens is 4. The first kappa shape index (κ1) is 14.7. The van der Waals surface area contributed by atoms with Crippen LogP contribution in [0.25, 0.3) is 0 Å². The third-order valence-electron chi connectivity index (χ3n) is 3.07. The lowest BCUT2D eigenvalue weighted by Gasteiger charge is -2.22. The Morgan fingerprint density at radius 2 is 1.89 bits per heavy atom. The van der Waals surface area contributed by atoms with Gasteiger partial charge in [0.2, 0.25) is 0 Å². The minimum atomic E-state index is -0.284. The van der Waals surface area contributed by atoms with Crippen LogP contribution in [-0.2, 0) is 0 Å². The van der Waals surface area contributed by atoms with Crippen molar-refractivity contribution >= 4 is 40.5 Å². The zero-order valence-corrected chi connectivity index (χ0v) is 12.8. The Bertz CT molecular complexity index is 564. The van der Waals surface area contributed by atoms with Crippen LogP contribution in [-0.4, -0.2) is 14.1 Å². The summed E-state index contributed by atoms with van der Waals surface area (Å²) < 4.78 is 14.0. The number of nitrogens with zero attached hydrogens (tertiary/aromatic N) is 1. The molecule has 1 nitrogen and oxygen atoms in total. The molecule has 0 aromatic heterocycles. The molecule has 0 amide bonds. The van der Waals surface area contributed by atoms with E-state index in [-0.39, 0.29) is 11.7 Å². The van der Waals surface area contributed by atoms with Crippen LogP contribution in [0.5, 0.6) is 0 Å². The second-order valence-electron chi connectivity index (χ2n) is 4.65. The molecule has 102 valence electrons. The van der Waals surface area contributed by atoms with Crippen molar-refractivity contribution in [1.82, 2.24) is 0 Å². The number of rotatable bonds is 2. The fraction of sp³-hybridized carbons (Fsp3) is 0.286. The molecule has 2 rings (SSSR count). The summed E-state index contributed by atoms with van der Waals surface area (Å²) in [6.07, 6.45) is 2.17. The van der Waals surface area contributed by atoms with Gasteiger partial charge in [0.1, 0.15) is 5.82 Å². The normalized spacial score (nSPS) is 19.5. The van der Waals surface area contributed by atoms with Crippen molar-refractivity contribution in [1.29, 1.82) is 0 Å². The minimum Gasteiger partial charge on any atom is -0.375 e. The van der Waals surface area contributed by atoms with Crippen LogP contribution >= 0.6 is 34.8 Å². The molecule has 0 bridgehead atoms. The number of hydrogen-bond donors (Lipinski definition) is 0. The van der Waals surface area contributed by atoms with Gasteiger partial charge in [-0.3, -0.25) is 0 Å². The molecule has 0 spiro atoms. The van der Waals surface area contributed by atoms with E-state index in [0.717, 1.165) is 5.56 Å². The Morgan fingerprint density at radius 1 is 1.21 bits per heavy atom. The van der Waals surface area contributed by atoms with E-state index >= 15 is 0 Å². The monoisotopic (exact) mass is 319 g/mol. The maximum atomic E-state index is 14.0. The van der Waals surface area contributed by atoms with E-state index < -0.39 is 0 Å². The molecule has 0 N–H and O–H groups in total. The molecule has 1 aliphatic rings. The highest BCUT2D eigenvalue weighted by atomic mass is 35.5. The predicted octanol–water partition coefficient (Wildman–Crippen LogP) is 5.19. The van der Waals surface area contributed by atoms with Gasteiger partial charge in [0.15, 0.2) is 0 Å². The van der Waals surface area contributed by atoms with Crippen molar-refractivity contribution in [3.63, 3.8) is 0 Å². The van der Waals surface area contributed by atoms with E-state index in [0.29, 0.717) is 27.2 Å². The molecule has 0 radical (unpaired) electrons. The molecular weight excluding hydrogens is 308 g/mol. The van der Waals surface area contributed by atoms with Crippen LogP contribution < -0.4 is 4.90 Å². The van der Waals surface area contributed by atoms with Crippen molar-refractivity contribution in [3.05, 3.63) is 50.8 Å². The van der Waals surface area contributed by atoms with Crippen molar-refractivity contribution in [2.75, 3.05) is 19.0 Å². The van der Waals surface area contributed by atoms with E-state index in [1.165, 1.54) is 6.07 Å². The van der Waals surface area contributed by atoms with Gasteiger partial charge < -0.3 is 4.90 Å². The first-order chi connectivity index (χ1) is 8.90. The van der Waals surface area contributed by atoms with E-state index in [2.05, 4.69) is 0 Å². The summed E-state index contributed by atoms with van der Waals surface area (Å²) in [5.41, 5.74) is 1.31. The molecule has 0 saturated heterocycles. The average molecular weight is 321 g/mol. The zero-order valence-electron chi connectivity index (χ0n) is 10.6. The summed E-state index contributed by atoms with van der Waals surface area (Å²) in [7, 11) is 3.59. The Labute approximate surface area is 127 Å². The highest BCUT2D eigenvalue weighted by molar-refractivity contribution is 6.42. The predicted molar refractivity (Wildman–Crippen MR) is 80.8 cm³/mol. The number of benzene rings is 1. The summed E-state index contributed by atoms with van der Waals surface area (Å²) in [5, 5.41) is 1.54. The molecule has 0 heterocycles. The molecule has 1 unspecified atom stereocenters. The van der Waals surface area contributed by atoms with Crippen molar-refractivity contribution in [3.8, 4) is 0 Å². The maximum Gasteiger partial charge on any atom is 0.146 e. The Hall–Kier alpha value is -0.700. The summed E-state index contributed by atoms with van der Waals surface area (Å²) in [5.74, 6) is -0.467. The molecule has 0 fully saturated rings. The molecule has 1 aromatic carbocycles. The molecule has 19 heavy (non-hydrogen) atoms. The van der Waals surface area contributed by atoms with Gasteiger partial charge in [-0.05, 0) is 30.2 Å². The highest BCUT2D eigenvalue weighted by Gasteiger charge is 2.24. The second-order valence-corrected chi connectivity index (χ2v) is 5.95. The lowest BCUT2D eigenvalue weighted by molar-refractivity contribution is 0.621. The van der Waals surface area contributed by atoms with Crippen LogP contribution in [0.4, 0.5) is 10.1 Å². The summed E-state index contributed by atoms with van der Waals surface area (Å²) in [4.78, 5) is 1.72. The van der Waals surface area contributed by atoms with Gasteiger partial charge in [-0.15, -0.1) is 0 Å². The van der Waals surface area contributed by atoms with Crippen LogP contribution in [0.1, 0.15) is 17.9 Å². The largest absolute Gasteiger partial charge is 0.375 e. The van der Waals surface area contributed by atoms with E-state index in [1.807, 2.05) is 6.07 Å². The summed E-state index contributed by atoms with van der Waals surface area (Å²) >= 11 is 18.2. The van der Waals surface area contributed by atoms with Crippen LogP contribution in [0.15, 0.2) is 39.4 Å². The topological polar surface area (TPSA) is 3.24 Å². The standard InChI is InChI=1S/C14H13Cl3FN/c1-19(2)13-4-3-8(5-12(13)18)10-6-9(15)7-11(16)14(10)17/h3-5,7,10H,6H2,1-2H3. The van der Waals surface area contributed by atoms with Gasteiger partial charge in [0.05, 0.1) is 10.7 Å². The molecule has 1 aliphatic carbocycles. The van der Waals surface area contributed by atoms with Gasteiger partial charge in [-0.1, -0.05) is 40.9 Å². The molecule has 0 saturated carbocycles. The smallest absolute Gasteiger partial charge is 0.146 e. The lowest BCUT2D eigenvalue weighted by atomic mass is 9.91. The third-order valence-corrected chi connectivity index (χ3v) is 4.21. The van der Waals surface area contributed by atoms with Crippen LogP contribution in [0.2, 0.25) is 0 Å². The van der Waals surface area contributed by atoms with Crippen LogP contribution in [0.3, 0.4) is 0 Å². The van der Waals surface area contributed by atoms with Gasteiger partial charge in [0, 0.05) is 30.1 Å². The van der Waals surface area contributed by atoms with Crippen LogP contribution in [0, 0.1) is 5.82 Å². The van der Waals surface area contributed by atoms with E-state index in [4.69, 9.17) is 34.8 Å². The fourth-order valence-electron chi connectivity index (χ4n) is 2.08. The third kappa shape index (κ3) is 3.07. The van der Waals surface area contributed by atoms with Crippen molar-refractivity contribution in [2.24, 2.45) is 0 Å². The fourth-order valence-corrected chi connectivity index (χ4v) is 2.92. The van der Waals surface area contributed by atoms with Crippen molar-refractivity contribution < 1.29 is 4.39 Å². The van der Waals surface area contributed by atoms with Gasteiger partial charge in [0.25, 0.3) is 0 Å². The molecule has 5 heteroatoms. The Balaban J connectivity index is 2.39. The number of anilines is 1. The highest BCUT2D eigenvalue weighted by Crippen LogP contribution is 2.42. The van der Waals surface area contributed by atoms with E-state index in [9.17, 15) is 4.39 Å². The minimum absolute atomic E-state index is 0.183. The first-order valence-electron chi connectivity index (χ1n) is 5.78. The van der Waals surface area contributed by atoms with E-state index in [1.54, 1.807) is 31.1 Å². The number of allylic oxidation sites excluding steroid dienone is 4. The Kier molecular flexibility index (Phi) is 4.44. The molecule has 0 aliphatic heterocycles. The molecule has 1 aromatic rings. The van der Waals surface area contributed by atoms with Crippen molar-refractivity contribution in [2.45, 2.75) is 12.3 Å². The zero-order chi connectivity index (χ0) is 14.2. The average Bonchev–Trinajstić information content (AvgIpc) is 2.33. The summed E-state index contributed by atoms with van der Waals surface area (Å²) in [6.45, 7) is 0. The quantitative estimate of drug-likeness (QED) is 0.724. The first-order valence-corrected chi connectivity index (χ1v) is 6.91. The summed E-state index contributed by atoms with van der Waals surface area (Å²) in [6, 6.07) is 5.07. The number of hydrogen-bond acceptors (Lipinski definition) is 1. The Morgan fingerprint density at radius 3 is 2.47 bits per heavy atom.